The number of carbonyl (C=O) groups excluding carboxylic acids is 1. The molecule has 0 aliphatic rings. The van der Waals surface area contributed by atoms with Crippen LogP contribution in [0, 0.1) is 0 Å². The van der Waals surface area contributed by atoms with Crippen molar-refractivity contribution in [3.8, 4) is 11.8 Å². The van der Waals surface area contributed by atoms with Gasteiger partial charge in [0.15, 0.2) is 0 Å². The monoisotopic (exact) mass is 451 g/mol. The molecule has 0 spiro atoms. The Kier molecular flexibility index (Phi) is 6.75. The lowest BCUT2D eigenvalue weighted by molar-refractivity contribution is -0.120. The van der Waals surface area contributed by atoms with Crippen LogP contribution >= 0.6 is 23.2 Å². The second-order valence-electron chi connectivity index (χ2n) is 5.63. The number of benzene rings is 1. The highest BCUT2D eigenvalue weighted by Gasteiger charge is 2.32. The Morgan fingerprint density at radius 1 is 1.29 bits per heavy atom. The predicted octanol–water partition coefficient (Wildman–Crippen LogP) is 1.14. The molecule has 154 valence electrons. The van der Waals surface area contributed by atoms with E-state index in [-0.39, 0.29) is 44.9 Å². The highest BCUT2D eigenvalue weighted by Crippen LogP contribution is 2.42. The minimum absolute atomic E-state index is 0.00274. The highest BCUT2D eigenvalue weighted by atomic mass is 35.5. The number of amides is 1. The van der Waals surface area contributed by atoms with Crippen LogP contribution in [0.15, 0.2) is 6.07 Å². The van der Waals surface area contributed by atoms with Crippen molar-refractivity contribution in [3.05, 3.63) is 16.1 Å². The van der Waals surface area contributed by atoms with Crippen LogP contribution in [-0.4, -0.2) is 58.0 Å². The Labute approximate surface area is 172 Å². The van der Waals surface area contributed by atoms with E-state index in [4.69, 9.17) is 38.4 Å². The van der Waals surface area contributed by atoms with Gasteiger partial charge in [0.25, 0.3) is 11.8 Å². The summed E-state index contributed by atoms with van der Waals surface area (Å²) in [5.74, 6) is -0.392. The maximum absolute atomic E-state index is 12.5. The number of hydrogen-bond acceptors (Lipinski definition) is 8. The van der Waals surface area contributed by atoms with Gasteiger partial charge < -0.3 is 20.5 Å². The fourth-order valence-electron chi connectivity index (χ4n) is 2.51. The molecule has 28 heavy (non-hydrogen) atoms. The summed E-state index contributed by atoms with van der Waals surface area (Å²) >= 11 is 12.5. The van der Waals surface area contributed by atoms with Crippen LogP contribution in [0.1, 0.15) is 6.42 Å². The van der Waals surface area contributed by atoms with Gasteiger partial charge in [0.2, 0.25) is 15.9 Å². The zero-order valence-corrected chi connectivity index (χ0v) is 17.8. The standard InChI is InChI=1S/C15H19Cl2N5O5S/c1-19-10(23)6-9(18)22(28(4,24)25)13-11(17)7(16)5-8-12(13)21-15(27-3)14(20-8)26-2/h5,9H,6,18H2,1-4H3,(H,19,23). The number of methoxy groups -OCH3 is 2. The van der Waals surface area contributed by atoms with Crippen LogP contribution in [0.3, 0.4) is 0 Å². The molecule has 0 saturated heterocycles. The lowest BCUT2D eigenvalue weighted by atomic mass is 10.2. The molecule has 2 rings (SSSR count). The molecule has 1 aromatic heterocycles. The van der Waals surface area contributed by atoms with Crippen LogP contribution in [0.25, 0.3) is 11.0 Å². The predicted molar refractivity (Wildman–Crippen MR) is 107 cm³/mol. The number of carbonyl (C=O) groups is 1. The fourth-order valence-corrected chi connectivity index (χ4v) is 4.07. The zero-order chi connectivity index (χ0) is 21.2. The SMILES string of the molecule is CNC(=O)CC(N)N(c1c(Cl)c(Cl)cc2nc(OC)c(OC)nc12)S(C)(=O)=O. The van der Waals surface area contributed by atoms with Crippen molar-refractivity contribution in [1.82, 2.24) is 15.3 Å². The molecule has 10 nitrogen and oxygen atoms in total. The summed E-state index contributed by atoms with van der Waals surface area (Å²) < 4.78 is 36.1. The normalized spacial score (nSPS) is 12.5. The molecule has 1 amide bonds. The maximum atomic E-state index is 12.5. The Morgan fingerprint density at radius 3 is 2.36 bits per heavy atom. The molecule has 3 N–H and O–H groups in total. The number of anilines is 1. The minimum Gasteiger partial charge on any atom is -0.477 e. The van der Waals surface area contributed by atoms with Crippen molar-refractivity contribution in [2.24, 2.45) is 5.73 Å². The van der Waals surface area contributed by atoms with E-state index in [0.29, 0.717) is 0 Å². The van der Waals surface area contributed by atoms with Crippen LogP contribution in [-0.2, 0) is 14.8 Å². The average molecular weight is 452 g/mol. The van der Waals surface area contributed by atoms with E-state index < -0.39 is 22.1 Å². The second-order valence-corrected chi connectivity index (χ2v) is 8.28. The van der Waals surface area contributed by atoms with Crippen LogP contribution in [0.5, 0.6) is 11.8 Å². The number of halogens is 2. The first-order chi connectivity index (χ1) is 13.0. The first-order valence-electron chi connectivity index (χ1n) is 7.78. The third-order valence-corrected chi connectivity index (χ3v) is 5.65. The summed E-state index contributed by atoms with van der Waals surface area (Å²) in [6, 6.07) is 1.41. The van der Waals surface area contributed by atoms with Crippen LogP contribution in [0.2, 0.25) is 10.0 Å². The molecular formula is C15H19Cl2N5O5S. The zero-order valence-electron chi connectivity index (χ0n) is 15.5. The Balaban J connectivity index is 2.86. The smallest absolute Gasteiger partial charge is 0.278 e. The second kappa shape index (κ2) is 8.52. The summed E-state index contributed by atoms with van der Waals surface area (Å²) in [4.78, 5) is 20.2. The molecule has 0 fully saturated rings. The van der Waals surface area contributed by atoms with Gasteiger partial charge in [-0.1, -0.05) is 23.2 Å². The topological polar surface area (TPSA) is 137 Å². The summed E-state index contributed by atoms with van der Waals surface area (Å²) in [6.07, 6.45) is -0.674. The van der Waals surface area contributed by atoms with Gasteiger partial charge >= 0.3 is 0 Å². The van der Waals surface area contributed by atoms with E-state index >= 15 is 0 Å². The van der Waals surface area contributed by atoms with Crippen molar-refractivity contribution in [2.45, 2.75) is 12.6 Å². The number of nitrogens with one attached hydrogen (secondary N) is 1. The molecule has 1 unspecified atom stereocenters. The Hall–Kier alpha value is -2.08. The van der Waals surface area contributed by atoms with E-state index in [0.717, 1.165) is 10.6 Å². The van der Waals surface area contributed by atoms with Crippen molar-refractivity contribution >= 4 is 55.9 Å². The number of sulfonamides is 1. The number of rotatable bonds is 7. The summed E-state index contributed by atoms with van der Waals surface area (Å²) in [6.45, 7) is 0. The largest absolute Gasteiger partial charge is 0.477 e. The van der Waals surface area contributed by atoms with Crippen molar-refractivity contribution in [2.75, 3.05) is 31.8 Å². The van der Waals surface area contributed by atoms with Crippen molar-refractivity contribution in [3.63, 3.8) is 0 Å². The van der Waals surface area contributed by atoms with E-state index in [1.165, 1.54) is 27.3 Å². The Bertz CT molecular complexity index is 1020. The van der Waals surface area contributed by atoms with E-state index in [1.54, 1.807) is 0 Å². The number of nitrogens with zero attached hydrogens (tertiary/aromatic N) is 3. The third kappa shape index (κ3) is 4.32. The van der Waals surface area contributed by atoms with E-state index in [9.17, 15) is 13.2 Å². The molecular weight excluding hydrogens is 433 g/mol. The molecule has 1 aromatic carbocycles. The number of aromatic nitrogens is 2. The highest BCUT2D eigenvalue weighted by molar-refractivity contribution is 7.92. The third-order valence-electron chi connectivity index (χ3n) is 3.71. The first kappa shape index (κ1) is 22.2. The van der Waals surface area contributed by atoms with Gasteiger partial charge in [0, 0.05) is 7.05 Å². The number of ether oxygens (including phenoxy) is 2. The molecule has 0 saturated carbocycles. The van der Waals surface area contributed by atoms with E-state index in [2.05, 4.69) is 15.3 Å². The molecule has 1 heterocycles. The molecule has 0 bridgehead atoms. The molecule has 0 aliphatic carbocycles. The number of fused-ring (bicyclic) bond motifs is 1. The van der Waals surface area contributed by atoms with Gasteiger partial charge in [-0.05, 0) is 6.07 Å². The molecule has 2 aromatic rings. The molecule has 1 atom stereocenters. The van der Waals surface area contributed by atoms with Gasteiger partial charge in [-0.3, -0.25) is 4.79 Å². The summed E-state index contributed by atoms with van der Waals surface area (Å²) in [5, 5.41) is 2.29. The van der Waals surface area contributed by atoms with Crippen molar-refractivity contribution < 1.29 is 22.7 Å². The average Bonchev–Trinajstić information content (AvgIpc) is 2.62. The van der Waals surface area contributed by atoms with Crippen LogP contribution < -0.4 is 24.8 Å². The maximum Gasteiger partial charge on any atom is 0.278 e. The molecule has 0 aliphatic heterocycles. The van der Waals surface area contributed by atoms with E-state index in [1.807, 2.05) is 0 Å². The van der Waals surface area contributed by atoms with Gasteiger partial charge in [0.1, 0.15) is 17.4 Å². The summed E-state index contributed by atoms with van der Waals surface area (Å²) in [5.41, 5.74) is 6.17. The van der Waals surface area contributed by atoms with Gasteiger partial charge in [-0.25, -0.2) is 22.7 Å². The molecule has 13 heteroatoms. The molecule has 0 radical (unpaired) electrons. The minimum atomic E-state index is -3.99. The first-order valence-corrected chi connectivity index (χ1v) is 10.4. The Morgan fingerprint density at radius 2 is 1.86 bits per heavy atom. The fraction of sp³-hybridized carbons (Fsp3) is 0.400. The lowest BCUT2D eigenvalue weighted by Gasteiger charge is -2.30. The summed E-state index contributed by atoms with van der Waals surface area (Å²) in [7, 11) is 0.138. The van der Waals surface area contributed by atoms with Crippen molar-refractivity contribution in [1.29, 1.82) is 0 Å². The quantitative estimate of drug-likeness (QED) is 0.597. The van der Waals surface area contributed by atoms with Gasteiger partial charge in [-0.2, -0.15) is 0 Å². The van der Waals surface area contributed by atoms with Crippen LogP contribution in [0.4, 0.5) is 5.69 Å². The number of hydrogen-bond donors (Lipinski definition) is 2. The van der Waals surface area contributed by atoms with Gasteiger partial charge in [-0.15, -0.1) is 0 Å². The number of nitrogens with two attached hydrogens (primary N) is 1. The van der Waals surface area contributed by atoms with Gasteiger partial charge in [0.05, 0.1) is 42.5 Å². The lowest BCUT2D eigenvalue weighted by Crippen LogP contribution is -2.48.